The number of esters is 1. The van der Waals surface area contributed by atoms with Gasteiger partial charge in [-0.1, -0.05) is 0 Å². The molecule has 0 spiro atoms. The molecule has 130 valence electrons. The highest BCUT2D eigenvalue weighted by Gasteiger charge is 2.29. The lowest BCUT2D eigenvalue weighted by molar-refractivity contribution is -0.385. The minimum atomic E-state index is -0.796. The van der Waals surface area contributed by atoms with Gasteiger partial charge < -0.3 is 14.8 Å². The molecule has 1 N–H and O–H groups in total. The van der Waals surface area contributed by atoms with Crippen molar-refractivity contribution in [3.63, 3.8) is 0 Å². The van der Waals surface area contributed by atoms with E-state index in [2.05, 4.69) is 5.32 Å². The van der Waals surface area contributed by atoms with E-state index < -0.39 is 17.5 Å². The number of nitro groups is 1. The molecule has 0 heterocycles. The Morgan fingerprint density at radius 1 is 1.42 bits per heavy atom. The molecular formula is C16H20N2O6. The van der Waals surface area contributed by atoms with Crippen LogP contribution >= 0.6 is 0 Å². The van der Waals surface area contributed by atoms with Gasteiger partial charge in [-0.3, -0.25) is 14.9 Å². The lowest BCUT2D eigenvalue weighted by Crippen LogP contribution is -2.37. The molecule has 8 nitrogen and oxygen atoms in total. The van der Waals surface area contributed by atoms with E-state index in [0.717, 1.165) is 18.9 Å². The Kier molecular flexibility index (Phi) is 5.73. The van der Waals surface area contributed by atoms with E-state index in [0.29, 0.717) is 5.92 Å². The molecule has 0 bridgehead atoms. The molecule has 2 rings (SSSR count). The first-order valence-electron chi connectivity index (χ1n) is 7.80. The van der Waals surface area contributed by atoms with Crippen molar-refractivity contribution in [2.45, 2.75) is 32.7 Å². The number of benzene rings is 1. The third-order valence-corrected chi connectivity index (χ3v) is 3.74. The van der Waals surface area contributed by atoms with E-state index in [1.807, 2.05) is 6.92 Å². The normalized spacial score (nSPS) is 14.6. The highest BCUT2D eigenvalue weighted by molar-refractivity contribution is 5.92. The van der Waals surface area contributed by atoms with Crippen molar-refractivity contribution in [1.29, 1.82) is 0 Å². The lowest BCUT2D eigenvalue weighted by Gasteiger charge is -2.12. The predicted molar refractivity (Wildman–Crippen MR) is 84.9 cm³/mol. The van der Waals surface area contributed by atoms with Crippen molar-refractivity contribution in [3.8, 4) is 5.75 Å². The minimum Gasteiger partial charge on any atom is -0.487 e. The standard InChI is InChI=1S/C16H20N2O6/c1-3-23-14-7-6-12(8-13(14)18(21)22)16(20)24-9-15(19)17-10(2)11-4-5-11/h6-8,10-11H,3-5,9H2,1-2H3,(H,17,19)/t10-/m0/s1. The van der Waals surface area contributed by atoms with Gasteiger partial charge in [0, 0.05) is 12.1 Å². The number of hydrogen-bond donors (Lipinski definition) is 1. The molecule has 1 aliphatic carbocycles. The van der Waals surface area contributed by atoms with Crippen LogP contribution in [0.25, 0.3) is 0 Å². The zero-order chi connectivity index (χ0) is 17.7. The fourth-order valence-corrected chi connectivity index (χ4v) is 2.29. The van der Waals surface area contributed by atoms with Gasteiger partial charge in [-0.05, 0) is 44.7 Å². The number of amides is 1. The second-order valence-corrected chi connectivity index (χ2v) is 5.64. The van der Waals surface area contributed by atoms with Crippen LogP contribution in [0.15, 0.2) is 18.2 Å². The summed E-state index contributed by atoms with van der Waals surface area (Å²) in [5.41, 5.74) is -0.327. The highest BCUT2D eigenvalue weighted by atomic mass is 16.6. The summed E-state index contributed by atoms with van der Waals surface area (Å²) in [5.74, 6) is -0.605. The van der Waals surface area contributed by atoms with Crippen LogP contribution in [-0.4, -0.2) is 36.1 Å². The van der Waals surface area contributed by atoms with Gasteiger partial charge in [0.25, 0.3) is 5.91 Å². The smallest absolute Gasteiger partial charge is 0.338 e. The van der Waals surface area contributed by atoms with E-state index in [1.165, 1.54) is 12.1 Å². The average molecular weight is 336 g/mol. The molecule has 1 aromatic rings. The first-order valence-corrected chi connectivity index (χ1v) is 7.80. The van der Waals surface area contributed by atoms with Gasteiger partial charge in [0.1, 0.15) is 0 Å². The molecule has 0 aliphatic heterocycles. The van der Waals surface area contributed by atoms with Crippen molar-refractivity contribution in [1.82, 2.24) is 5.32 Å². The molecule has 24 heavy (non-hydrogen) atoms. The SMILES string of the molecule is CCOc1ccc(C(=O)OCC(=O)N[C@@H](C)C2CC2)cc1[N+](=O)[O-]. The van der Waals surface area contributed by atoms with E-state index in [9.17, 15) is 19.7 Å². The third kappa shape index (κ3) is 4.68. The molecule has 1 saturated carbocycles. The van der Waals surface area contributed by atoms with E-state index in [1.54, 1.807) is 6.92 Å². The lowest BCUT2D eigenvalue weighted by atomic mass is 10.2. The summed E-state index contributed by atoms with van der Waals surface area (Å²) in [7, 11) is 0. The van der Waals surface area contributed by atoms with Crippen molar-refractivity contribution >= 4 is 17.6 Å². The van der Waals surface area contributed by atoms with Gasteiger partial charge >= 0.3 is 11.7 Å². The van der Waals surface area contributed by atoms with Crippen LogP contribution in [-0.2, 0) is 9.53 Å². The monoisotopic (exact) mass is 336 g/mol. The van der Waals surface area contributed by atoms with Gasteiger partial charge in [0.2, 0.25) is 0 Å². The summed E-state index contributed by atoms with van der Waals surface area (Å²) < 4.78 is 10.1. The molecule has 1 amide bonds. The van der Waals surface area contributed by atoms with Crippen molar-refractivity contribution in [3.05, 3.63) is 33.9 Å². The van der Waals surface area contributed by atoms with Crippen molar-refractivity contribution < 1.29 is 24.0 Å². The maximum absolute atomic E-state index is 12.0. The van der Waals surface area contributed by atoms with Gasteiger partial charge in [0.15, 0.2) is 12.4 Å². The zero-order valence-electron chi connectivity index (χ0n) is 13.6. The second kappa shape index (κ2) is 7.76. The second-order valence-electron chi connectivity index (χ2n) is 5.64. The number of carbonyl (C=O) groups excluding carboxylic acids is 2. The van der Waals surface area contributed by atoms with Crippen LogP contribution in [0.3, 0.4) is 0 Å². The fraction of sp³-hybridized carbons (Fsp3) is 0.500. The number of nitrogens with one attached hydrogen (secondary N) is 1. The largest absolute Gasteiger partial charge is 0.487 e. The molecule has 0 saturated heterocycles. The molecule has 0 aromatic heterocycles. The van der Waals surface area contributed by atoms with Crippen LogP contribution in [0.2, 0.25) is 0 Å². The molecular weight excluding hydrogens is 316 g/mol. The molecule has 0 radical (unpaired) electrons. The topological polar surface area (TPSA) is 108 Å². The average Bonchev–Trinajstić information content (AvgIpc) is 3.38. The molecule has 1 atom stereocenters. The molecule has 1 fully saturated rings. The third-order valence-electron chi connectivity index (χ3n) is 3.74. The predicted octanol–water partition coefficient (Wildman–Crippen LogP) is 2.06. The summed E-state index contributed by atoms with van der Waals surface area (Å²) in [4.78, 5) is 34.1. The molecule has 1 aromatic carbocycles. The fourth-order valence-electron chi connectivity index (χ4n) is 2.29. The molecule has 0 unspecified atom stereocenters. The van der Waals surface area contributed by atoms with Gasteiger partial charge in [-0.2, -0.15) is 0 Å². The van der Waals surface area contributed by atoms with Crippen LogP contribution in [0.1, 0.15) is 37.0 Å². The summed E-state index contributed by atoms with van der Waals surface area (Å²) in [6.45, 7) is 3.46. The minimum absolute atomic E-state index is 0.00630. The Morgan fingerprint density at radius 2 is 2.12 bits per heavy atom. The van der Waals surface area contributed by atoms with E-state index >= 15 is 0 Å². The first kappa shape index (κ1) is 17.7. The van der Waals surface area contributed by atoms with Crippen LogP contribution in [0.4, 0.5) is 5.69 Å². The van der Waals surface area contributed by atoms with E-state index in [-0.39, 0.29) is 35.6 Å². The Balaban J connectivity index is 1.94. The Labute approximate surface area is 139 Å². The summed E-state index contributed by atoms with van der Waals surface area (Å²) >= 11 is 0. The quantitative estimate of drug-likeness (QED) is 0.442. The maximum Gasteiger partial charge on any atom is 0.338 e. The number of rotatable bonds is 8. The van der Waals surface area contributed by atoms with Crippen LogP contribution in [0, 0.1) is 16.0 Å². The summed E-state index contributed by atoms with van der Waals surface area (Å²) in [6, 6.07) is 3.85. The van der Waals surface area contributed by atoms with Gasteiger partial charge in [0.05, 0.1) is 17.1 Å². The zero-order valence-corrected chi connectivity index (χ0v) is 13.6. The van der Waals surface area contributed by atoms with Gasteiger partial charge in [-0.25, -0.2) is 4.79 Å². The van der Waals surface area contributed by atoms with Crippen molar-refractivity contribution in [2.75, 3.05) is 13.2 Å². The van der Waals surface area contributed by atoms with Gasteiger partial charge in [-0.15, -0.1) is 0 Å². The molecule has 8 heteroatoms. The number of hydrogen-bond acceptors (Lipinski definition) is 6. The van der Waals surface area contributed by atoms with E-state index in [4.69, 9.17) is 9.47 Å². The number of ether oxygens (including phenoxy) is 2. The Bertz CT molecular complexity index is 641. The molecule has 1 aliphatic rings. The van der Waals surface area contributed by atoms with Crippen LogP contribution < -0.4 is 10.1 Å². The Hall–Kier alpha value is -2.64. The number of nitro benzene ring substituents is 1. The Morgan fingerprint density at radius 3 is 2.71 bits per heavy atom. The summed E-state index contributed by atoms with van der Waals surface area (Å²) in [5, 5.41) is 13.8. The highest BCUT2D eigenvalue weighted by Crippen LogP contribution is 2.32. The number of nitrogens with zero attached hydrogens (tertiary/aromatic N) is 1. The maximum atomic E-state index is 12.0. The van der Waals surface area contributed by atoms with Crippen LogP contribution in [0.5, 0.6) is 5.75 Å². The first-order chi connectivity index (χ1) is 11.4. The van der Waals surface area contributed by atoms with Crippen molar-refractivity contribution in [2.24, 2.45) is 5.92 Å². The number of carbonyl (C=O) groups is 2. The summed E-state index contributed by atoms with van der Waals surface area (Å²) in [6.07, 6.45) is 2.19.